The summed E-state index contributed by atoms with van der Waals surface area (Å²) in [7, 11) is 0. The summed E-state index contributed by atoms with van der Waals surface area (Å²) in [5.74, 6) is 1.52. The smallest absolute Gasteiger partial charge is 0.0811 e. The molecule has 0 amide bonds. The van der Waals surface area contributed by atoms with Gasteiger partial charge in [0, 0.05) is 0 Å². The van der Waals surface area contributed by atoms with Crippen molar-refractivity contribution in [1.29, 1.82) is 0 Å². The van der Waals surface area contributed by atoms with Crippen molar-refractivity contribution in [3.05, 3.63) is 4.91 Å². The second kappa shape index (κ2) is 6.32. The van der Waals surface area contributed by atoms with E-state index in [4.69, 9.17) is 0 Å². The molecule has 0 N–H and O–H groups in total. The maximum atomic E-state index is 9.76. The molecule has 0 radical (unpaired) electrons. The van der Waals surface area contributed by atoms with Crippen molar-refractivity contribution in [2.24, 2.45) is 17.0 Å². The molecule has 0 saturated heterocycles. The first-order valence-electron chi connectivity index (χ1n) is 4.46. The first-order chi connectivity index (χ1) is 5.16. The van der Waals surface area contributed by atoms with E-state index >= 15 is 0 Å². The van der Waals surface area contributed by atoms with Crippen LogP contribution < -0.4 is 0 Å². The van der Waals surface area contributed by atoms with E-state index in [9.17, 15) is 4.91 Å². The van der Waals surface area contributed by atoms with Crippen LogP contribution in [-0.2, 0) is 0 Å². The van der Waals surface area contributed by atoms with Crippen molar-refractivity contribution >= 4 is 0 Å². The Morgan fingerprint density at radius 2 is 1.91 bits per heavy atom. The van der Waals surface area contributed by atoms with Gasteiger partial charge in [-0.2, -0.15) is 4.91 Å². The average molecular weight is 157 g/mol. The van der Waals surface area contributed by atoms with Crippen LogP contribution >= 0.6 is 0 Å². The second-order valence-electron chi connectivity index (χ2n) is 3.73. The van der Waals surface area contributed by atoms with Crippen LogP contribution in [0.5, 0.6) is 0 Å². The summed E-state index contributed by atoms with van der Waals surface area (Å²) < 4.78 is 0. The van der Waals surface area contributed by atoms with E-state index in [0.29, 0.717) is 6.54 Å². The fourth-order valence-electron chi connectivity index (χ4n) is 1.43. The molecule has 1 atom stereocenters. The van der Waals surface area contributed by atoms with Gasteiger partial charge in [0.1, 0.15) is 0 Å². The van der Waals surface area contributed by atoms with E-state index in [2.05, 4.69) is 25.9 Å². The van der Waals surface area contributed by atoms with Crippen LogP contribution in [0.3, 0.4) is 0 Å². The van der Waals surface area contributed by atoms with Crippen LogP contribution in [0.1, 0.15) is 40.0 Å². The summed E-state index contributed by atoms with van der Waals surface area (Å²) >= 11 is 0. The lowest BCUT2D eigenvalue weighted by atomic mass is 9.95. The molecule has 0 aromatic heterocycles. The number of hydrogen-bond acceptors (Lipinski definition) is 2. The fourth-order valence-corrected chi connectivity index (χ4v) is 1.43. The number of nitrogens with zero attached hydrogens (tertiary/aromatic N) is 1. The highest BCUT2D eigenvalue weighted by Gasteiger charge is 2.03. The van der Waals surface area contributed by atoms with E-state index in [1.807, 2.05) is 0 Å². The standard InChI is InChI=1S/C9H19NO/c1-8(2)7-9(3)5-4-6-10-11/h8-9H,4-7H2,1-3H3/t9-/m1/s1. The Balaban J connectivity index is 3.21. The summed E-state index contributed by atoms with van der Waals surface area (Å²) in [4.78, 5) is 9.76. The predicted octanol–water partition coefficient (Wildman–Crippen LogP) is 3.22. The Bertz CT molecular complexity index is 102. The lowest BCUT2D eigenvalue weighted by molar-refractivity contribution is 0.408. The van der Waals surface area contributed by atoms with Gasteiger partial charge in [-0.3, -0.25) is 0 Å². The first-order valence-corrected chi connectivity index (χ1v) is 4.46. The topological polar surface area (TPSA) is 29.4 Å². The number of hydrogen-bond donors (Lipinski definition) is 0. The molecule has 0 aromatic rings. The molecule has 66 valence electrons. The van der Waals surface area contributed by atoms with Crippen molar-refractivity contribution in [1.82, 2.24) is 0 Å². The molecule has 0 bridgehead atoms. The van der Waals surface area contributed by atoms with Crippen LogP contribution in [0.25, 0.3) is 0 Å². The zero-order chi connectivity index (χ0) is 8.69. The minimum atomic E-state index is 0.489. The SMILES string of the molecule is CC(C)C[C@H](C)CCCN=O. The van der Waals surface area contributed by atoms with Gasteiger partial charge in [-0.05, 0) is 31.1 Å². The van der Waals surface area contributed by atoms with E-state index in [0.717, 1.165) is 24.7 Å². The highest BCUT2D eigenvalue weighted by atomic mass is 16.3. The van der Waals surface area contributed by atoms with Crippen molar-refractivity contribution in [2.45, 2.75) is 40.0 Å². The molecule has 0 aliphatic heterocycles. The van der Waals surface area contributed by atoms with E-state index in [1.165, 1.54) is 6.42 Å². The third-order valence-electron chi connectivity index (χ3n) is 1.82. The molecule has 0 spiro atoms. The normalized spacial score (nSPS) is 13.5. The van der Waals surface area contributed by atoms with E-state index in [1.54, 1.807) is 0 Å². The molecular formula is C9H19NO. The summed E-state index contributed by atoms with van der Waals surface area (Å²) in [6.07, 6.45) is 3.36. The third kappa shape index (κ3) is 7.50. The monoisotopic (exact) mass is 157 g/mol. The van der Waals surface area contributed by atoms with Gasteiger partial charge in [-0.15, -0.1) is 0 Å². The molecule has 0 aromatic carbocycles. The Labute approximate surface area is 69.4 Å². The molecule has 0 unspecified atom stereocenters. The fraction of sp³-hybridized carbons (Fsp3) is 1.00. The van der Waals surface area contributed by atoms with Crippen LogP contribution in [0.15, 0.2) is 5.18 Å². The van der Waals surface area contributed by atoms with Crippen molar-refractivity contribution in [3.8, 4) is 0 Å². The molecule has 2 heteroatoms. The van der Waals surface area contributed by atoms with Gasteiger partial charge in [0.2, 0.25) is 0 Å². The van der Waals surface area contributed by atoms with Gasteiger partial charge in [0.25, 0.3) is 0 Å². The maximum Gasteiger partial charge on any atom is 0.0811 e. The lowest BCUT2D eigenvalue weighted by Crippen LogP contribution is -2.00. The molecule has 0 saturated carbocycles. The molecule has 0 rings (SSSR count). The average Bonchev–Trinajstić information content (AvgIpc) is 1.86. The van der Waals surface area contributed by atoms with Gasteiger partial charge < -0.3 is 0 Å². The number of nitroso groups, excluding NO2 is 1. The Morgan fingerprint density at radius 3 is 2.36 bits per heavy atom. The van der Waals surface area contributed by atoms with Gasteiger partial charge in [-0.1, -0.05) is 25.9 Å². The van der Waals surface area contributed by atoms with Gasteiger partial charge in [-0.25, -0.2) is 0 Å². The van der Waals surface area contributed by atoms with Crippen molar-refractivity contribution < 1.29 is 0 Å². The molecule has 0 heterocycles. The summed E-state index contributed by atoms with van der Waals surface area (Å²) in [5.41, 5.74) is 0. The lowest BCUT2D eigenvalue weighted by Gasteiger charge is -2.11. The highest BCUT2D eigenvalue weighted by molar-refractivity contribution is 4.57. The minimum absolute atomic E-state index is 0.489. The Kier molecular flexibility index (Phi) is 6.09. The van der Waals surface area contributed by atoms with Gasteiger partial charge in [0.05, 0.1) is 6.54 Å². The van der Waals surface area contributed by atoms with E-state index in [-0.39, 0.29) is 0 Å². The van der Waals surface area contributed by atoms with Gasteiger partial charge in [0.15, 0.2) is 0 Å². The minimum Gasteiger partial charge on any atom is -0.151 e. The molecule has 0 fully saturated rings. The molecule has 0 aliphatic carbocycles. The summed E-state index contributed by atoms with van der Waals surface area (Å²) in [5, 5.41) is 2.84. The third-order valence-corrected chi connectivity index (χ3v) is 1.82. The quantitative estimate of drug-likeness (QED) is 0.430. The molecular weight excluding hydrogens is 138 g/mol. The van der Waals surface area contributed by atoms with Crippen LogP contribution in [0.2, 0.25) is 0 Å². The summed E-state index contributed by atoms with van der Waals surface area (Å²) in [6, 6.07) is 0. The largest absolute Gasteiger partial charge is 0.151 e. The van der Waals surface area contributed by atoms with Gasteiger partial charge >= 0.3 is 0 Å². The number of rotatable bonds is 6. The second-order valence-corrected chi connectivity index (χ2v) is 3.73. The highest BCUT2D eigenvalue weighted by Crippen LogP contribution is 2.15. The van der Waals surface area contributed by atoms with E-state index < -0.39 is 0 Å². The predicted molar refractivity (Wildman–Crippen MR) is 48.5 cm³/mol. The van der Waals surface area contributed by atoms with Crippen LogP contribution in [0.4, 0.5) is 0 Å². The zero-order valence-corrected chi connectivity index (χ0v) is 7.84. The first kappa shape index (κ1) is 10.6. The zero-order valence-electron chi connectivity index (χ0n) is 7.84. The Morgan fingerprint density at radius 1 is 1.27 bits per heavy atom. The molecule has 2 nitrogen and oxygen atoms in total. The molecule has 11 heavy (non-hydrogen) atoms. The summed E-state index contributed by atoms with van der Waals surface area (Å²) in [6.45, 7) is 7.19. The van der Waals surface area contributed by atoms with Crippen molar-refractivity contribution in [2.75, 3.05) is 6.54 Å². The Hall–Kier alpha value is -0.400. The van der Waals surface area contributed by atoms with Crippen LogP contribution in [0, 0.1) is 16.7 Å². The van der Waals surface area contributed by atoms with Crippen molar-refractivity contribution in [3.63, 3.8) is 0 Å². The maximum absolute atomic E-state index is 9.76. The van der Waals surface area contributed by atoms with Crippen LogP contribution in [-0.4, -0.2) is 6.54 Å². The molecule has 0 aliphatic rings.